The van der Waals surface area contributed by atoms with Crippen molar-refractivity contribution < 1.29 is 13.2 Å². The van der Waals surface area contributed by atoms with Gasteiger partial charge >= 0.3 is 6.18 Å². The molecule has 0 aliphatic rings. The standard InChI is InChI=1S/C14H14F3N3/c1-3-8-20-9(2)19-12(13(20)18)10-6-4-5-7-11(10)14(15,16)17/h3-7H,1,8,18H2,2H3. The lowest BCUT2D eigenvalue weighted by Gasteiger charge is -2.11. The quantitative estimate of drug-likeness (QED) is 0.873. The molecule has 1 heterocycles. The lowest BCUT2D eigenvalue weighted by Crippen LogP contribution is -2.08. The average molecular weight is 281 g/mol. The van der Waals surface area contributed by atoms with Gasteiger partial charge in [0.25, 0.3) is 0 Å². The summed E-state index contributed by atoms with van der Waals surface area (Å²) in [6.45, 7) is 5.69. The molecule has 20 heavy (non-hydrogen) atoms. The molecule has 0 aliphatic carbocycles. The number of allylic oxidation sites excluding steroid dienone is 1. The van der Waals surface area contributed by atoms with Crippen molar-refractivity contribution in [3.63, 3.8) is 0 Å². The van der Waals surface area contributed by atoms with Crippen molar-refractivity contribution in [1.29, 1.82) is 0 Å². The third-order valence-corrected chi connectivity index (χ3v) is 3.00. The van der Waals surface area contributed by atoms with Gasteiger partial charge in [-0.05, 0) is 13.0 Å². The molecule has 3 nitrogen and oxygen atoms in total. The molecular formula is C14H14F3N3. The zero-order valence-corrected chi connectivity index (χ0v) is 10.9. The van der Waals surface area contributed by atoms with E-state index in [9.17, 15) is 13.2 Å². The van der Waals surface area contributed by atoms with Crippen molar-refractivity contribution >= 4 is 5.82 Å². The first-order valence-corrected chi connectivity index (χ1v) is 5.96. The van der Waals surface area contributed by atoms with Gasteiger partial charge in [-0.3, -0.25) is 0 Å². The Bertz CT molecular complexity index is 642. The molecule has 1 aromatic heterocycles. The van der Waals surface area contributed by atoms with Gasteiger partial charge in [-0.15, -0.1) is 6.58 Å². The number of hydrogen-bond donors (Lipinski definition) is 1. The number of aryl methyl sites for hydroxylation is 1. The van der Waals surface area contributed by atoms with Crippen molar-refractivity contribution in [2.75, 3.05) is 5.73 Å². The van der Waals surface area contributed by atoms with E-state index in [-0.39, 0.29) is 17.1 Å². The highest BCUT2D eigenvalue weighted by Crippen LogP contribution is 2.38. The van der Waals surface area contributed by atoms with Crippen LogP contribution in [-0.2, 0) is 12.7 Å². The number of rotatable bonds is 3. The summed E-state index contributed by atoms with van der Waals surface area (Å²) >= 11 is 0. The highest BCUT2D eigenvalue weighted by molar-refractivity contribution is 5.74. The molecule has 0 atom stereocenters. The molecule has 2 rings (SSSR count). The van der Waals surface area contributed by atoms with E-state index < -0.39 is 11.7 Å². The summed E-state index contributed by atoms with van der Waals surface area (Å²) in [7, 11) is 0. The number of aromatic nitrogens is 2. The number of nitrogen functional groups attached to an aromatic ring is 1. The summed E-state index contributed by atoms with van der Waals surface area (Å²) < 4.78 is 40.7. The predicted octanol–water partition coefficient (Wildman–Crippen LogP) is 3.65. The Morgan fingerprint density at radius 2 is 2.00 bits per heavy atom. The molecule has 2 aromatic rings. The minimum Gasteiger partial charge on any atom is -0.383 e. The Hall–Kier alpha value is -2.24. The molecule has 2 N–H and O–H groups in total. The molecule has 0 amide bonds. The van der Waals surface area contributed by atoms with E-state index in [1.165, 1.54) is 18.2 Å². The van der Waals surface area contributed by atoms with Crippen LogP contribution in [0.25, 0.3) is 11.3 Å². The van der Waals surface area contributed by atoms with Gasteiger partial charge in [0.2, 0.25) is 0 Å². The van der Waals surface area contributed by atoms with E-state index in [1.807, 2.05) is 0 Å². The van der Waals surface area contributed by atoms with E-state index in [1.54, 1.807) is 17.6 Å². The summed E-state index contributed by atoms with van der Waals surface area (Å²) in [5.41, 5.74) is 5.32. The fraction of sp³-hybridized carbons (Fsp3) is 0.214. The molecule has 106 valence electrons. The minimum absolute atomic E-state index is 0.0107. The molecule has 0 saturated heterocycles. The molecule has 0 spiro atoms. The van der Waals surface area contributed by atoms with E-state index in [2.05, 4.69) is 11.6 Å². The van der Waals surface area contributed by atoms with Crippen LogP contribution in [0.15, 0.2) is 36.9 Å². The highest BCUT2D eigenvalue weighted by Gasteiger charge is 2.34. The van der Waals surface area contributed by atoms with E-state index in [0.29, 0.717) is 12.4 Å². The fourth-order valence-corrected chi connectivity index (χ4v) is 2.08. The van der Waals surface area contributed by atoms with Crippen LogP contribution >= 0.6 is 0 Å². The first-order chi connectivity index (χ1) is 9.36. The van der Waals surface area contributed by atoms with Crippen LogP contribution in [-0.4, -0.2) is 9.55 Å². The molecule has 0 bridgehead atoms. The van der Waals surface area contributed by atoms with E-state index >= 15 is 0 Å². The number of anilines is 1. The van der Waals surface area contributed by atoms with Crippen LogP contribution in [0.3, 0.4) is 0 Å². The smallest absolute Gasteiger partial charge is 0.383 e. The third-order valence-electron chi connectivity index (χ3n) is 3.00. The topological polar surface area (TPSA) is 43.8 Å². The van der Waals surface area contributed by atoms with Gasteiger partial charge in [0.05, 0.1) is 5.56 Å². The maximum absolute atomic E-state index is 13.0. The summed E-state index contributed by atoms with van der Waals surface area (Å²) in [4.78, 5) is 4.16. The molecule has 0 unspecified atom stereocenters. The van der Waals surface area contributed by atoms with Gasteiger partial charge < -0.3 is 10.3 Å². The maximum atomic E-state index is 13.0. The highest BCUT2D eigenvalue weighted by atomic mass is 19.4. The van der Waals surface area contributed by atoms with Crippen LogP contribution < -0.4 is 5.73 Å². The number of imidazole rings is 1. The van der Waals surface area contributed by atoms with E-state index in [4.69, 9.17) is 5.73 Å². The number of nitrogens with two attached hydrogens (primary N) is 1. The van der Waals surface area contributed by atoms with Crippen LogP contribution in [0.4, 0.5) is 19.0 Å². The summed E-state index contributed by atoms with van der Waals surface area (Å²) in [6, 6.07) is 5.28. The predicted molar refractivity (Wildman–Crippen MR) is 72.0 cm³/mol. The molecule has 1 aromatic carbocycles. The van der Waals surface area contributed by atoms with Gasteiger partial charge in [0.15, 0.2) is 0 Å². The van der Waals surface area contributed by atoms with Gasteiger partial charge in [-0.25, -0.2) is 4.98 Å². The number of benzene rings is 1. The maximum Gasteiger partial charge on any atom is 0.417 e. The van der Waals surface area contributed by atoms with Gasteiger partial charge in [0.1, 0.15) is 17.3 Å². The Balaban J connectivity index is 2.64. The molecule has 0 aliphatic heterocycles. The normalized spacial score (nSPS) is 11.6. The van der Waals surface area contributed by atoms with Crippen molar-refractivity contribution in [1.82, 2.24) is 9.55 Å². The van der Waals surface area contributed by atoms with Crippen LogP contribution in [0, 0.1) is 6.92 Å². The van der Waals surface area contributed by atoms with Crippen molar-refractivity contribution in [2.24, 2.45) is 0 Å². The first kappa shape index (κ1) is 14.2. The minimum atomic E-state index is -4.45. The molecule has 0 saturated carbocycles. The molecule has 0 fully saturated rings. The Morgan fingerprint density at radius 1 is 1.35 bits per heavy atom. The lowest BCUT2D eigenvalue weighted by atomic mass is 10.0. The lowest BCUT2D eigenvalue weighted by molar-refractivity contribution is -0.137. The fourth-order valence-electron chi connectivity index (χ4n) is 2.08. The monoisotopic (exact) mass is 281 g/mol. The second-order valence-electron chi connectivity index (χ2n) is 4.34. The summed E-state index contributed by atoms with van der Waals surface area (Å²) in [5.74, 6) is 0.758. The zero-order valence-electron chi connectivity index (χ0n) is 10.9. The van der Waals surface area contributed by atoms with Gasteiger partial charge in [0, 0.05) is 12.1 Å². The molecule has 0 radical (unpaired) electrons. The number of halogens is 3. The van der Waals surface area contributed by atoms with Crippen molar-refractivity contribution in [2.45, 2.75) is 19.6 Å². The summed E-state index contributed by atoms with van der Waals surface area (Å²) in [6.07, 6.45) is -2.83. The Labute approximate surface area is 114 Å². The largest absolute Gasteiger partial charge is 0.417 e. The second kappa shape index (κ2) is 5.03. The second-order valence-corrected chi connectivity index (χ2v) is 4.34. The number of nitrogens with zero attached hydrogens (tertiary/aromatic N) is 2. The Morgan fingerprint density at radius 3 is 2.60 bits per heavy atom. The van der Waals surface area contributed by atoms with Crippen molar-refractivity contribution in [3.8, 4) is 11.3 Å². The zero-order chi connectivity index (χ0) is 14.9. The van der Waals surface area contributed by atoms with Crippen LogP contribution in [0.1, 0.15) is 11.4 Å². The van der Waals surface area contributed by atoms with E-state index in [0.717, 1.165) is 6.07 Å². The molecule has 6 heteroatoms. The molecular weight excluding hydrogens is 267 g/mol. The third kappa shape index (κ3) is 2.41. The van der Waals surface area contributed by atoms with Crippen LogP contribution in [0.5, 0.6) is 0 Å². The SMILES string of the molecule is C=CCn1c(C)nc(-c2ccccc2C(F)(F)F)c1N. The van der Waals surface area contributed by atoms with Crippen LogP contribution in [0.2, 0.25) is 0 Å². The number of hydrogen-bond acceptors (Lipinski definition) is 2. The first-order valence-electron chi connectivity index (χ1n) is 5.96. The average Bonchev–Trinajstić information content (AvgIpc) is 2.66. The summed E-state index contributed by atoms with van der Waals surface area (Å²) in [5, 5.41) is 0. The van der Waals surface area contributed by atoms with Gasteiger partial charge in [-0.1, -0.05) is 24.3 Å². The Kier molecular flexibility index (Phi) is 3.57. The van der Waals surface area contributed by atoms with Crippen molar-refractivity contribution in [3.05, 3.63) is 48.3 Å². The van der Waals surface area contributed by atoms with Gasteiger partial charge in [-0.2, -0.15) is 13.2 Å². The number of alkyl halides is 3.